The first-order valence-corrected chi connectivity index (χ1v) is 6.37. The summed E-state index contributed by atoms with van der Waals surface area (Å²) in [6, 6.07) is 3.20. The van der Waals surface area contributed by atoms with Crippen LogP contribution in [-0.4, -0.2) is 9.91 Å². The number of aryl methyl sites for hydroxylation is 2. The lowest BCUT2D eigenvalue weighted by Crippen LogP contribution is -1.98. The van der Waals surface area contributed by atoms with E-state index in [1.807, 2.05) is 6.92 Å². The van der Waals surface area contributed by atoms with Gasteiger partial charge in [0.05, 0.1) is 15.9 Å². The Labute approximate surface area is 114 Å². The summed E-state index contributed by atoms with van der Waals surface area (Å²) >= 11 is 1.33. The third-order valence-corrected chi connectivity index (χ3v) is 3.43. The summed E-state index contributed by atoms with van der Waals surface area (Å²) in [6.45, 7) is 3.86. The second kappa shape index (κ2) is 5.23. The molecule has 1 aromatic carbocycles. The number of nitrogen functional groups attached to an aromatic ring is 1. The van der Waals surface area contributed by atoms with E-state index in [9.17, 15) is 10.1 Å². The minimum Gasteiger partial charge on any atom is -0.487 e. The van der Waals surface area contributed by atoms with Gasteiger partial charge in [-0.15, -0.1) is 0 Å². The van der Waals surface area contributed by atoms with Gasteiger partial charge in [-0.25, -0.2) is 4.98 Å². The van der Waals surface area contributed by atoms with Crippen LogP contribution in [0.4, 0.5) is 10.8 Å². The third-order valence-electron chi connectivity index (χ3n) is 2.63. The number of nitro groups is 1. The van der Waals surface area contributed by atoms with E-state index in [0.29, 0.717) is 23.1 Å². The van der Waals surface area contributed by atoms with Gasteiger partial charge in [0.2, 0.25) is 0 Å². The smallest absolute Gasteiger partial charge is 0.276 e. The van der Waals surface area contributed by atoms with Crippen LogP contribution in [-0.2, 0) is 6.61 Å². The summed E-state index contributed by atoms with van der Waals surface area (Å²) in [5.74, 6) is 0.504. The van der Waals surface area contributed by atoms with E-state index >= 15 is 0 Å². The molecule has 0 amide bonds. The number of hydrogen-bond acceptors (Lipinski definition) is 6. The highest BCUT2D eigenvalue weighted by Crippen LogP contribution is 2.29. The summed E-state index contributed by atoms with van der Waals surface area (Å²) < 4.78 is 5.59. The number of thiazole rings is 1. The Morgan fingerprint density at radius 3 is 2.74 bits per heavy atom. The number of hydrogen-bond donors (Lipinski definition) is 1. The standard InChI is InChI=1S/C12H13N3O3S/c1-7-3-8(2)11(4-10(7)15(16)17)18-6-9-5-14-12(13)19-9/h3-5H,6H2,1-2H3,(H2,13,14). The van der Waals surface area contributed by atoms with Crippen molar-refractivity contribution in [2.45, 2.75) is 20.5 Å². The molecular formula is C12H13N3O3S. The maximum absolute atomic E-state index is 10.9. The number of nitrogens with zero attached hydrogens (tertiary/aromatic N) is 2. The van der Waals surface area contributed by atoms with Gasteiger partial charge in [-0.05, 0) is 25.5 Å². The minimum absolute atomic E-state index is 0.0596. The van der Waals surface area contributed by atoms with Crippen LogP contribution < -0.4 is 10.5 Å². The van der Waals surface area contributed by atoms with Gasteiger partial charge in [0.25, 0.3) is 5.69 Å². The summed E-state index contributed by atoms with van der Waals surface area (Å²) in [5, 5.41) is 11.4. The van der Waals surface area contributed by atoms with Gasteiger partial charge in [0.15, 0.2) is 5.13 Å². The van der Waals surface area contributed by atoms with Gasteiger partial charge in [-0.3, -0.25) is 10.1 Å². The van der Waals surface area contributed by atoms with E-state index in [4.69, 9.17) is 10.5 Å². The Morgan fingerprint density at radius 1 is 1.42 bits per heavy atom. The van der Waals surface area contributed by atoms with Crippen molar-refractivity contribution < 1.29 is 9.66 Å². The number of ether oxygens (including phenoxy) is 1. The molecule has 100 valence electrons. The highest BCUT2D eigenvalue weighted by Gasteiger charge is 2.14. The molecular weight excluding hydrogens is 266 g/mol. The van der Waals surface area contributed by atoms with Crippen molar-refractivity contribution in [2.75, 3.05) is 5.73 Å². The molecule has 0 unspecified atom stereocenters. The second-order valence-corrected chi connectivity index (χ2v) is 5.26. The fourth-order valence-corrected chi connectivity index (χ4v) is 2.31. The molecule has 19 heavy (non-hydrogen) atoms. The molecule has 0 aliphatic carbocycles. The van der Waals surface area contributed by atoms with Crippen LogP contribution in [0.2, 0.25) is 0 Å². The Kier molecular flexibility index (Phi) is 3.66. The lowest BCUT2D eigenvalue weighted by Gasteiger charge is -2.09. The SMILES string of the molecule is Cc1cc(C)c([N+](=O)[O-])cc1OCc1cnc(N)s1. The molecule has 0 radical (unpaired) electrons. The molecule has 0 spiro atoms. The lowest BCUT2D eigenvalue weighted by molar-refractivity contribution is -0.385. The van der Waals surface area contributed by atoms with Gasteiger partial charge >= 0.3 is 0 Å². The maximum atomic E-state index is 10.9. The molecule has 7 heteroatoms. The van der Waals surface area contributed by atoms with Crippen LogP contribution in [0, 0.1) is 24.0 Å². The third kappa shape index (κ3) is 3.00. The number of aromatic nitrogens is 1. The number of anilines is 1. The van der Waals surface area contributed by atoms with Crippen LogP contribution >= 0.6 is 11.3 Å². The molecule has 2 N–H and O–H groups in total. The van der Waals surface area contributed by atoms with Gasteiger partial charge in [-0.2, -0.15) is 0 Å². The lowest BCUT2D eigenvalue weighted by atomic mass is 10.1. The Morgan fingerprint density at radius 2 is 2.16 bits per heavy atom. The molecule has 2 aromatic rings. The van der Waals surface area contributed by atoms with Crippen LogP contribution in [0.25, 0.3) is 0 Å². The van der Waals surface area contributed by atoms with Crippen molar-refractivity contribution in [1.29, 1.82) is 0 Å². The quantitative estimate of drug-likeness (QED) is 0.686. The first-order valence-electron chi connectivity index (χ1n) is 5.56. The van der Waals surface area contributed by atoms with Gasteiger partial charge in [-0.1, -0.05) is 11.3 Å². The monoisotopic (exact) mass is 279 g/mol. The fraction of sp³-hybridized carbons (Fsp3) is 0.250. The molecule has 0 saturated carbocycles. The van der Waals surface area contributed by atoms with E-state index in [0.717, 1.165) is 10.4 Å². The first kappa shape index (κ1) is 13.3. The largest absolute Gasteiger partial charge is 0.487 e. The van der Waals surface area contributed by atoms with Crippen molar-refractivity contribution in [1.82, 2.24) is 4.98 Å². The van der Waals surface area contributed by atoms with E-state index < -0.39 is 4.92 Å². The molecule has 1 aromatic heterocycles. The molecule has 0 fully saturated rings. The fourth-order valence-electron chi connectivity index (χ4n) is 1.71. The number of rotatable bonds is 4. The van der Waals surface area contributed by atoms with E-state index in [-0.39, 0.29) is 5.69 Å². The second-order valence-electron chi connectivity index (χ2n) is 4.11. The first-order chi connectivity index (χ1) is 8.97. The topological polar surface area (TPSA) is 91.3 Å². The molecule has 0 atom stereocenters. The average molecular weight is 279 g/mol. The van der Waals surface area contributed by atoms with Crippen LogP contribution in [0.1, 0.15) is 16.0 Å². The van der Waals surface area contributed by atoms with Gasteiger partial charge in [0.1, 0.15) is 12.4 Å². The van der Waals surface area contributed by atoms with Crippen LogP contribution in [0.3, 0.4) is 0 Å². The number of benzene rings is 1. The molecule has 0 aliphatic rings. The molecule has 1 heterocycles. The zero-order chi connectivity index (χ0) is 14.0. The zero-order valence-electron chi connectivity index (χ0n) is 10.5. The van der Waals surface area contributed by atoms with Crippen molar-refractivity contribution in [3.05, 3.63) is 44.4 Å². The summed E-state index contributed by atoms with van der Waals surface area (Å²) in [6.07, 6.45) is 1.64. The predicted molar refractivity (Wildman–Crippen MR) is 73.4 cm³/mol. The number of nitrogens with two attached hydrogens (primary N) is 1. The zero-order valence-corrected chi connectivity index (χ0v) is 11.4. The Bertz CT molecular complexity index is 625. The van der Waals surface area contributed by atoms with Crippen LogP contribution in [0.15, 0.2) is 18.3 Å². The molecule has 0 saturated heterocycles. The van der Waals surface area contributed by atoms with E-state index in [1.54, 1.807) is 19.2 Å². The highest BCUT2D eigenvalue weighted by atomic mass is 32.1. The van der Waals surface area contributed by atoms with Crippen LogP contribution in [0.5, 0.6) is 5.75 Å². The van der Waals surface area contributed by atoms with Crippen molar-refractivity contribution in [3.8, 4) is 5.75 Å². The highest BCUT2D eigenvalue weighted by molar-refractivity contribution is 7.15. The minimum atomic E-state index is -0.410. The average Bonchev–Trinajstić information content (AvgIpc) is 2.73. The molecule has 2 rings (SSSR count). The Balaban J connectivity index is 2.20. The van der Waals surface area contributed by atoms with E-state index in [1.165, 1.54) is 17.4 Å². The summed E-state index contributed by atoms with van der Waals surface area (Å²) in [5.41, 5.74) is 7.07. The van der Waals surface area contributed by atoms with Gasteiger partial charge in [0, 0.05) is 11.8 Å². The molecule has 6 nitrogen and oxygen atoms in total. The molecule has 0 bridgehead atoms. The maximum Gasteiger partial charge on any atom is 0.276 e. The molecule has 0 aliphatic heterocycles. The normalized spacial score (nSPS) is 10.4. The van der Waals surface area contributed by atoms with Crippen molar-refractivity contribution >= 4 is 22.2 Å². The summed E-state index contributed by atoms with van der Waals surface area (Å²) in [7, 11) is 0. The summed E-state index contributed by atoms with van der Waals surface area (Å²) in [4.78, 5) is 15.3. The van der Waals surface area contributed by atoms with E-state index in [2.05, 4.69) is 4.98 Å². The van der Waals surface area contributed by atoms with Crippen molar-refractivity contribution in [3.63, 3.8) is 0 Å². The predicted octanol–water partition coefficient (Wildman–Crippen LogP) is 2.83. The number of nitro benzene ring substituents is 1. The Hall–Kier alpha value is -2.15. The van der Waals surface area contributed by atoms with Crippen molar-refractivity contribution in [2.24, 2.45) is 0 Å². The van der Waals surface area contributed by atoms with Gasteiger partial charge < -0.3 is 10.5 Å².